The number of unbranched alkanes of at least 4 members (excludes halogenated alkanes) is 30. The van der Waals surface area contributed by atoms with Crippen molar-refractivity contribution in [3.8, 4) is 0 Å². The summed E-state index contributed by atoms with van der Waals surface area (Å²) in [4.78, 5) is 34.8. The molecule has 8 nitrogen and oxygen atoms in total. The second-order valence-corrected chi connectivity index (χ2v) is 17.2. The monoisotopic (exact) mass is 801 g/mol. The normalized spacial score (nSPS) is 13.3. The maximum Gasteiger partial charge on any atom is 0.472 e. The molecule has 1 N–H and O–H groups in total. The minimum Gasteiger partial charge on any atom is -0.462 e. The zero-order chi connectivity index (χ0) is 40.3. The van der Waals surface area contributed by atoms with Crippen molar-refractivity contribution >= 4 is 19.8 Å². The van der Waals surface area contributed by atoms with E-state index in [9.17, 15) is 19.0 Å². The van der Waals surface area contributed by atoms with Crippen molar-refractivity contribution in [1.29, 1.82) is 0 Å². The molecule has 0 fully saturated rings. The third-order valence-electron chi connectivity index (χ3n) is 10.3. The van der Waals surface area contributed by atoms with Crippen LogP contribution in [0.1, 0.15) is 245 Å². The SMILES string of the molecule is CCCCCCCC/C=C\CCCCCCCCCC(=O)OC(COC(=O)CCCCCCCCCCCCCCCCCCCC)COP(=O)(O)OCC. The van der Waals surface area contributed by atoms with E-state index >= 15 is 0 Å². The lowest BCUT2D eigenvalue weighted by Gasteiger charge is -2.19. The number of ether oxygens (including phenoxy) is 2. The summed E-state index contributed by atoms with van der Waals surface area (Å²) < 4.78 is 32.7. The lowest BCUT2D eigenvalue weighted by molar-refractivity contribution is -0.161. The van der Waals surface area contributed by atoms with Gasteiger partial charge in [-0.1, -0.05) is 199 Å². The second-order valence-electron chi connectivity index (χ2n) is 15.8. The Labute approximate surface area is 340 Å². The van der Waals surface area contributed by atoms with Crippen molar-refractivity contribution in [2.45, 2.75) is 252 Å². The van der Waals surface area contributed by atoms with Crippen LogP contribution in [0.2, 0.25) is 0 Å². The summed E-state index contributed by atoms with van der Waals surface area (Å²) in [5.74, 6) is -0.788. The topological polar surface area (TPSA) is 108 Å². The van der Waals surface area contributed by atoms with Crippen molar-refractivity contribution in [3.05, 3.63) is 12.2 Å². The second kappa shape index (κ2) is 42.4. The van der Waals surface area contributed by atoms with E-state index in [4.69, 9.17) is 18.5 Å². The fourth-order valence-corrected chi connectivity index (χ4v) is 7.62. The van der Waals surface area contributed by atoms with Gasteiger partial charge in [0.15, 0.2) is 6.10 Å². The van der Waals surface area contributed by atoms with Crippen LogP contribution in [0.4, 0.5) is 0 Å². The van der Waals surface area contributed by atoms with Crippen LogP contribution in [0.25, 0.3) is 0 Å². The van der Waals surface area contributed by atoms with Crippen LogP contribution in [0.3, 0.4) is 0 Å². The highest BCUT2D eigenvalue weighted by molar-refractivity contribution is 7.47. The number of rotatable bonds is 44. The molecule has 0 saturated heterocycles. The van der Waals surface area contributed by atoms with Crippen molar-refractivity contribution in [3.63, 3.8) is 0 Å². The molecule has 0 aromatic heterocycles. The number of allylic oxidation sites excluding steroid dienone is 2. The van der Waals surface area contributed by atoms with E-state index in [1.165, 1.54) is 161 Å². The first kappa shape index (κ1) is 53.8. The zero-order valence-corrected chi connectivity index (χ0v) is 37.2. The van der Waals surface area contributed by atoms with Gasteiger partial charge in [-0.15, -0.1) is 0 Å². The molecule has 0 heterocycles. The predicted molar refractivity (Wildman–Crippen MR) is 230 cm³/mol. The molecule has 9 heteroatoms. The molecule has 0 aliphatic heterocycles. The van der Waals surface area contributed by atoms with Gasteiger partial charge in [0.2, 0.25) is 0 Å². The van der Waals surface area contributed by atoms with Crippen LogP contribution in [0.5, 0.6) is 0 Å². The van der Waals surface area contributed by atoms with E-state index in [0.29, 0.717) is 12.8 Å². The van der Waals surface area contributed by atoms with Gasteiger partial charge in [-0.3, -0.25) is 18.6 Å². The van der Waals surface area contributed by atoms with Crippen LogP contribution < -0.4 is 0 Å². The molecule has 55 heavy (non-hydrogen) atoms. The molecule has 0 bridgehead atoms. The van der Waals surface area contributed by atoms with Gasteiger partial charge in [0.05, 0.1) is 13.2 Å². The van der Waals surface area contributed by atoms with Crippen molar-refractivity contribution < 1.29 is 37.6 Å². The summed E-state index contributed by atoms with van der Waals surface area (Å²) in [6.07, 6.45) is 45.5. The third kappa shape index (κ3) is 42.2. The summed E-state index contributed by atoms with van der Waals surface area (Å²) in [6, 6.07) is 0. The Morgan fingerprint density at radius 1 is 0.473 bits per heavy atom. The molecule has 0 aromatic carbocycles. The molecule has 0 amide bonds. The fourth-order valence-electron chi connectivity index (χ4n) is 6.86. The predicted octanol–water partition coefficient (Wildman–Crippen LogP) is 14.8. The van der Waals surface area contributed by atoms with Gasteiger partial charge in [-0.05, 0) is 45.4 Å². The summed E-state index contributed by atoms with van der Waals surface area (Å²) >= 11 is 0. The first-order valence-corrected chi connectivity index (χ1v) is 25.0. The summed E-state index contributed by atoms with van der Waals surface area (Å²) in [6.45, 7) is 5.51. The molecule has 0 rings (SSSR count). The minimum absolute atomic E-state index is 0.00295. The number of carbonyl (C=O) groups excluding carboxylic acids is 2. The van der Waals surface area contributed by atoms with Gasteiger partial charge in [-0.2, -0.15) is 0 Å². The van der Waals surface area contributed by atoms with Crippen molar-refractivity contribution in [2.75, 3.05) is 19.8 Å². The molecule has 0 spiro atoms. The van der Waals surface area contributed by atoms with E-state index < -0.39 is 19.9 Å². The molecular formula is C46H89O8P. The van der Waals surface area contributed by atoms with Crippen LogP contribution in [0.15, 0.2) is 12.2 Å². The molecule has 0 aromatic rings. The van der Waals surface area contributed by atoms with Crippen LogP contribution >= 0.6 is 7.82 Å². The average molecular weight is 801 g/mol. The molecular weight excluding hydrogens is 711 g/mol. The standard InChI is InChI=1S/C46H89O8P/c1-4-7-9-11-13-15-17-19-21-23-25-26-28-30-32-34-36-38-40-45(47)51-42-44(43-53-55(49,50)52-6-3)54-46(48)41-39-37-35-33-31-29-27-24-22-20-18-16-14-12-10-8-5-2/h20,22,44H,4-19,21,23-43H2,1-3H3,(H,49,50)/b22-20-. The lowest BCUT2D eigenvalue weighted by Crippen LogP contribution is -2.29. The van der Waals surface area contributed by atoms with E-state index in [2.05, 4.69) is 26.0 Å². The highest BCUT2D eigenvalue weighted by atomic mass is 31.2. The zero-order valence-electron chi connectivity index (χ0n) is 36.4. The van der Waals surface area contributed by atoms with Crippen LogP contribution in [-0.2, 0) is 32.7 Å². The number of phosphoric ester groups is 1. The van der Waals surface area contributed by atoms with Gasteiger partial charge < -0.3 is 14.4 Å². The molecule has 0 radical (unpaired) electrons. The number of hydrogen-bond acceptors (Lipinski definition) is 7. The Morgan fingerprint density at radius 3 is 1.20 bits per heavy atom. The number of hydrogen-bond donors (Lipinski definition) is 1. The van der Waals surface area contributed by atoms with Gasteiger partial charge in [0, 0.05) is 12.8 Å². The van der Waals surface area contributed by atoms with Crippen molar-refractivity contribution in [2.24, 2.45) is 0 Å². The lowest BCUT2D eigenvalue weighted by atomic mass is 10.0. The van der Waals surface area contributed by atoms with Crippen LogP contribution in [0, 0.1) is 0 Å². The van der Waals surface area contributed by atoms with E-state index in [1.807, 2.05) is 0 Å². The summed E-state index contributed by atoms with van der Waals surface area (Å²) in [7, 11) is -4.28. The molecule has 2 atom stereocenters. The summed E-state index contributed by atoms with van der Waals surface area (Å²) in [5, 5.41) is 0. The van der Waals surface area contributed by atoms with Gasteiger partial charge in [0.1, 0.15) is 6.61 Å². The maximum atomic E-state index is 12.6. The maximum absolute atomic E-state index is 12.6. The van der Waals surface area contributed by atoms with Crippen molar-refractivity contribution in [1.82, 2.24) is 0 Å². The molecule has 0 aliphatic carbocycles. The highest BCUT2D eigenvalue weighted by Crippen LogP contribution is 2.43. The molecule has 2 unspecified atom stereocenters. The third-order valence-corrected chi connectivity index (χ3v) is 11.4. The Kier molecular flexibility index (Phi) is 41.5. The smallest absolute Gasteiger partial charge is 0.462 e. The first-order chi connectivity index (χ1) is 26.8. The number of phosphoric acid groups is 1. The highest BCUT2D eigenvalue weighted by Gasteiger charge is 2.25. The number of carbonyl (C=O) groups is 2. The Morgan fingerprint density at radius 2 is 0.818 bits per heavy atom. The largest absolute Gasteiger partial charge is 0.472 e. The Balaban J connectivity index is 4.00. The average Bonchev–Trinajstić information content (AvgIpc) is 3.16. The van der Waals surface area contributed by atoms with Gasteiger partial charge >= 0.3 is 19.8 Å². The fraction of sp³-hybridized carbons (Fsp3) is 0.913. The Bertz CT molecular complexity index is 910. The molecule has 326 valence electrons. The Hall–Kier alpha value is -1.21. The molecule has 0 aliphatic rings. The minimum atomic E-state index is -4.28. The quantitative estimate of drug-likeness (QED) is 0.0281. The van der Waals surface area contributed by atoms with E-state index in [0.717, 1.165) is 44.9 Å². The van der Waals surface area contributed by atoms with E-state index in [1.54, 1.807) is 6.92 Å². The molecule has 0 saturated carbocycles. The van der Waals surface area contributed by atoms with E-state index in [-0.39, 0.29) is 32.2 Å². The first-order valence-electron chi connectivity index (χ1n) is 23.5. The van der Waals surface area contributed by atoms with Crippen LogP contribution in [-0.4, -0.2) is 42.8 Å². The van der Waals surface area contributed by atoms with Gasteiger partial charge in [-0.25, -0.2) is 4.57 Å². The summed E-state index contributed by atoms with van der Waals surface area (Å²) in [5.41, 5.74) is 0. The number of esters is 2. The van der Waals surface area contributed by atoms with Gasteiger partial charge in [0.25, 0.3) is 0 Å².